The maximum atomic E-state index is 4.89. The zero-order chi connectivity index (χ0) is 10.4. The van der Waals surface area contributed by atoms with Gasteiger partial charge in [-0.15, -0.1) is 11.8 Å². The second-order valence-electron chi connectivity index (χ2n) is 2.47. The molecule has 0 amide bonds. The topological polar surface area (TPSA) is 37.6 Å². The van der Waals surface area contributed by atoms with Gasteiger partial charge in [-0.3, -0.25) is 4.98 Å². The minimum absolute atomic E-state index is 0. The fourth-order valence-electron chi connectivity index (χ4n) is 0.785. The molecule has 0 spiro atoms. The van der Waals surface area contributed by atoms with Crippen molar-refractivity contribution in [2.45, 2.75) is 6.92 Å². The summed E-state index contributed by atoms with van der Waals surface area (Å²) in [5.41, 5.74) is 1.59. The molecule has 0 aliphatic rings. The molecule has 0 bridgehead atoms. The van der Waals surface area contributed by atoms with E-state index in [4.69, 9.17) is 12.6 Å². The van der Waals surface area contributed by atoms with Gasteiger partial charge < -0.3 is 25.0 Å². The van der Waals surface area contributed by atoms with Gasteiger partial charge in [0.1, 0.15) is 0 Å². The molecule has 7 heteroatoms. The molecular formula is C9H10ClN3S2Zn. The van der Waals surface area contributed by atoms with E-state index in [2.05, 4.69) is 15.2 Å². The van der Waals surface area contributed by atoms with Gasteiger partial charge in [0, 0.05) is 6.20 Å². The van der Waals surface area contributed by atoms with E-state index in [0.717, 1.165) is 11.4 Å². The zero-order valence-electron chi connectivity index (χ0n) is 9.05. The van der Waals surface area contributed by atoms with Crippen LogP contribution < -0.4 is 12.4 Å². The molecular weight excluding hydrogens is 315 g/mol. The van der Waals surface area contributed by atoms with Crippen molar-refractivity contribution in [1.82, 2.24) is 4.98 Å². The molecule has 0 fully saturated rings. The Morgan fingerprint density at radius 2 is 2.06 bits per heavy atom. The molecule has 1 aromatic heterocycles. The van der Waals surface area contributed by atoms with E-state index in [-0.39, 0.29) is 31.9 Å². The number of pyridine rings is 1. The SMILES string of the molecule is CS/C([S-])=N/N=C(\C)c1ccccn1.[Cl-].[Zn+2]. The molecule has 1 rings (SSSR count). The molecule has 0 saturated carbocycles. The van der Waals surface area contributed by atoms with Gasteiger partial charge in [-0.1, -0.05) is 6.07 Å². The van der Waals surface area contributed by atoms with Crippen LogP contribution >= 0.6 is 11.8 Å². The van der Waals surface area contributed by atoms with Gasteiger partial charge in [0.2, 0.25) is 0 Å². The summed E-state index contributed by atoms with van der Waals surface area (Å²) in [5, 5.41) is 7.84. The Labute approximate surface area is 124 Å². The third kappa shape index (κ3) is 6.53. The monoisotopic (exact) mass is 323 g/mol. The number of hydrogen-bond donors (Lipinski definition) is 0. The summed E-state index contributed by atoms with van der Waals surface area (Å²) in [6.45, 7) is 1.86. The van der Waals surface area contributed by atoms with Crippen molar-refractivity contribution in [3.8, 4) is 0 Å². The fraction of sp³-hybridized carbons (Fsp3) is 0.222. The quantitative estimate of drug-likeness (QED) is 0.232. The number of hydrogen-bond acceptors (Lipinski definition) is 5. The van der Waals surface area contributed by atoms with Crippen molar-refractivity contribution in [1.29, 1.82) is 0 Å². The number of halogens is 1. The van der Waals surface area contributed by atoms with Crippen molar-refractivity contribution in [2.24, 2.45) is 10.2 Å². The van der Waals surface area contributed by atoms with E-state index >= 15 is 0 Å². The van der Waals surface area contributed by atoms with Gasteiger partial charge in [-0.25, -0.2) is 0 Å². The summed E-state index contributed by atoms with van der Waals surface area (Å²) in [6, 6.07) is 5.66. The van der Waals surface area contributed by atoms with E-state index in [1.807, 2.05) is 31.4 Å². The van der Waals surface area contributed by atoms with Crippen LogP contribution in [-0.2, 0) is 32.1 Å². The Balaban J connectivity index is 0. The maximum absolute atomic E-state index is 4.89. The molecule has 3 nitrogen and oxygen atoms in total. The standard InChI is InChI=1S/C9H11N3S2.ClH.Zn/c1-7(11-12-9(13)14-2)8-5-3-4-6-10-8;;/h3-6H,1-2H3,(H,12,13);1H;/q;;+2/p-2/b11-7+;;. The molecule has 0 radical (unpaired) electrons. The molecule has 0 aromatic carbocycles. The Morgan fingerprint density at radius 3 is 2.56 bits per heavy atom. The summed E-state index contributed by atoms with van der Waals surface area (Å²) < 4.78 is 0.528. The third-order valence-electron chi connectivity index (χ3n) is 1.49. The molecule has 16 heavy (non-hydrogen) atoms. The average Bonchev–Trinajstić information content (AvgIpc) is 2.26. The minimum atomic E-state index is 0. The normalized spacial score (nSPS) is 11.4. The number of aromatic nitrogens is 1. The first-order valence-electron chi connectivity index (χ1n) is 3.98. The van der Waals surface area contributed by atoms with Crippen molar-refractivity contribution in [3.63, 3.8) is 0 Å². The van der Waals surface area contributed by atoms with Gasteiger partial charge in [0.15, 0.2) is 0 Å². The van der Waals surface area contributed by atoms with Crippen LogP contribution in [0, 0.1) is 0 Å². The van der Waals surface area contributed by atoms with Crippen LogP contribution in [0.5, 0.6) is 0 Å². The van der Waals surface area contributed by atoms with Crippen molar-refractivity contribution in [2.75, 3.05) is 6.26 Å². The summed E-state index contributed by atoms with van der Waals surface area (Å²) in [7, 11) is 0. The first-order chi connectivity index (χ1) is 6.74. The van der Waals surface area contributed by atoms with Crippen LogP contribution in [0.3, 0.4) is 0 Å². The zero-order valence-corrected chi connectivity index (χ0v) is 14.4. The first kappa shape index (κ1) is 18.3. The summed E-state index contributed by atoms with van der Waals surface area (Å²) in [5.74, 6) is 0. The average molecular weight is 325 g/mol. The van der Waals surface area contributed by atoms with E-state index in [1.165, 1.54) is 11.8 Å². The van der Waals surface area contributed by atoms with Crippen LogP contribution in [0.25, 0.3) is 0 Å². The van der Waals surface area contributed by atoms with Crippen LogP contribution in [-0.4, -0.2) is 21.3 Å². The number of nitrogens with zero attached hydrogens (tertiary/aromatic N) is 3. The predicted molar refractivity (Wildman–Crippen MR) is 64.8 cm³/mol. The molecule has 0 aliphatic heterocycles. The van der Waals surface area contributed by atoms with Gasteiger partial charge >= 0.3 is 19.5 Å². The predicted octanol–water partition coefficient (Wildman–Crippen LogP) is -0.927. The minimum Gasteiger partial charge on any atom is -1.00 e. The molecule has 0 aliphatic carbocycles. The van der Waals surface area contributed by atoms with E-state index < -0.39 is 0 Å². The third-order valence-corrected chi connectivity index (χ3v) is 2.50. The molecule has 1 heterocycles. The smallest absolute Gasteiger partial charge is 1.00 e. The first-order valence-corrected chi connectivity index (χ1v) is 5.62. The van der Waals surface area contributed by atoms with Gasteiger partial charge in [0.25, 0.3) is 0 Å². The molecule has 1 aromatic rings. The number of rotatable bonds is 2. The van der Waals surface area contributed by atoms with Crippen molar-refractivity contribution < 1.29 is 31.9 Å². The number of thioether (sulfide) groups is 1. The Kier molecular flexibility index (Phi) is 11.6. The largest absolute Gasteiger partial charge is 2.00 e. The van der Waals surface area contributed by atoms with Crippen LogP contribution in [0.4, 0.5) is 0 Å². The van der Waals surface area contributed by atoms with E-state index in [1.54, 1.807) is 6.20 Å². The Bertz CT molecular complexity index is 357. The van der Waals surface area contributed by atoms with Crippen LogP contribution in [0.2, 0.25) is 0 Å². The maximum Gasteiger partial charge on any atom is 2.00 e. The van der Waals surface area contributed by atoms with E-state index in [9.17, 15) is 0 Å². The van der Waals surface area contributed by atoms with Crippen LogP contribution in [0.15, 0.2) is 34.6 Å². The fourth-order valence-corrected chi connectivity index (χ4v) is 0.948. The van der Waals surface area contributed by atoms with Gasteiger partial charge in [0.05, 0.1) is 11.4 Å². The van der Waals surface area contributed by atoms with Gasteiger partial charge in [-0.05, 0) is 29.7 Å². The van der Waals surface area contributed by atoms with Crippen LogP contribution in [0.1, 0.15) is 12.6 Å². The Hall–Kier alpha value is -0.0266. The Morgan fingerprint density at radius 1 is 1.38 bits per heavy atom. The van der Waals surface area contributed by atoms with Crippen molar-refractivity contribution >= 4 is 34.5 Å². The summed E-state index contributed by atoms with van der Waals surface area (Å²) in [4.78, 5) is 4.14. The molecule has 0 atom stereocenters. The second kappa shape index (κ2) is 10.1. The van der Waals surface area contributed by atoms with Crippen molar-refractivity contribution in [3.05, 3.63) is 30.1 Å². The summed E-state index contributed by atoms with van der Waals surface area (Å²) in [6.07, 6.45) is 3.60. The molecule has 82 valence electrons. The second-order valence-corrected chi connectivity index (χ2v) is 3.91. The molecule has 0 saturated heterocycles. The molecule has 0 unspecified atom stereocenters. The summed E-state index contributed by atoms with van der Waals surface area (Å²) >= 11 is 6.29. The molecule has 0 N–H and O–H groups in total. The van der Waals surface area contributed by atoms with Gasteiger partial charge in [-0.2, -0.15) is 10.2 Å². The van der Waals surface area contributed by atoms with E-state index in [0.29, 0.717) is 4.38 Å².